The maximum absolute atomic E-state index is 6.17. The third kappa shape index (κ3) is 3.40. The van der Waals surface area contributed by atoms with E-state index in [9.17, 15) is 0 Å². The van der Waals surface area contributed by atoms with Crippen molar-refractivity contribution in [3.63, 3.8) is 0 Å². The fraction of sp³-hybridized carbons (Fsp3) is 0.118. The quantitative estimate of drug-likeness (QED) is 0.464. The molecule has 3 heterocycles. The van der Waals surface area contributed by atoms with Gasteiger partial charge >= 0.3 is 0 Å². The van der Waals surface area contributed by atoms with E-state index in [4.69, 9.17) is 16.3 Å². The van der Waals surface area contributed by atoms with E-state index in [0.29, 0.717) is 16.5 Å². The number of nitrogens with one attached hydrogen (secondary N) is 1. The van der Waals surface area contributed by atoms with Crippen molar-refractivity contribution < 1.29 is 4.74 Å². The summed E-state index contributed by atoms with van der Waals surface area (Å²) in [4.78, 5) is 13.4. The highest BCUT2D eigenvalue weighted by atomic mass is 79.9. The first-order valence-corrected chi connectivity index (χ1v) is 8.77. The first-order chi connectivity index (χ1) is 12.2. The third-order valence-electron chi connectivity index (χ3n) is 3.73. The molecule has 9 heteroatoms. The molecule has 0 saturated heterocycles. The van der Waals surface area contributed by atoms with Crippen molar-refractivity contribution in [2.75, 3.05) is 12.4 Å². The first kappa shape index (κ1) is 18.6. The molecule has 0 amide bonds. The number of aromatic nitrogens is 4. The summed E-state index contributed by atoms with van der Waals surface area (Å²) < 4.78 is 7.11. The highest BCUT2D eigenvalue weighted by Crippen LogP contribution is 2.32. The first-order valence-electron chi connectivity index (χ1n) is 7.52. The molecule has 1 N–H and O–H groups in total. The van der Waals surface area contributed by atoms with Gasteiger partial charge in [-0.1, -0.05) is 11.6 Å². The molecule has 1 aromatic carbocycles. The van der Waals surface area contributed by atoms with Gasteiger partial charge in [-0.3, -0.25) is 4.40 Å². The lowest BCUT2D eigenvalue weighted by atomic mass is 10.3. The minimum absolute atomic E-state index is 0. The van der Waals surface area contributed by atoms with Gasteiger partial charge in [-0.15, -0.1) is 28.3 Å². The van der Waals surface area contributed by atoms with Gasteiger partial charge in [0.1, 0.15) is 11.4 Å². The topological polar surface area (TPSA) is 64.3 Å². The number of nitrogens with zero attached hydrogens (tertiary/aromatic N) is 4. The summed E-state index contributed by atoms with van der Waals surface area (Å²) in [7, 11) is 1.59. The van der Waals surface area contributed by atoms with Crippen LogP contribution in [-0.4, -0.2) is 26.5 Å². The fourth-order valence-corrected chi connectivity index (χ4v) is 3.59. The Kier molecular flexibility index (Phi) is 5.45. The van der Waals surface area contributed by atoms with E-state index in [1.54, 1.807) is 13.3 Å². The number of rotatable bonds is 4. The zero-order valence-corrected chi connectivity index (χ0v) is 17.2. The molecule has 0 aliphatic rings. The van der Waals surface area contributed by atoms with E-state index in [1.165, 1.54) is 11.3 Å². The third-order valence-corrected chi connectivity index (χ3v) is 4.78. The van der Waals surface area contributed by atoms with Crippen LogP contribution in [0.4, 0.5) is 10.8 Å². The summed E-state index contributed by atoms with van der Waals surface area (Å²) in [6.45, 7) is 1.96. The van der Waals surface area contributed by atoms with Crippen LogP contribution < -0.4 is 10.1 Å². The van der Waals surface area contributed by atoms with E-state index in [-0.39, 0.29) is 17.0 Å². The van der Waals surface area contributed by atoms with Crippen LogP contribution in [0.25, 0.3) is 17.2 Å². The van der Waals surface area contributed by atoms with Gasteiger partial charge < -0.3 is 10.1 Å². The normalized spacial score (nSPS) is 10.6. The summed E-state index contributed by atoms with van der Waals surface area (Å²) in [6.07, 6.45) is 3.67. The molecule has 0 atom stereocenters. The SMILES string of the molecule is Br.COc1ccc(Nc2nc(-c3c(C)nc4ncccn34)cs2)cc1Cl. The zero-order valence-electron chi connectivity index (χ0n) is 13.9. The minimum Gasteiger partial charge on any atom is -0.495 e. The van der Waals surface area contributed by atoms with E-state index < -0.39 is 0 Å². The number of aryl methyl sites for hydroxylation is 1. The molecule has 0 saturated carbocycles. The van der Waals surface area contributed by atoms with Crippen molar-refractivity contribution >= 4 is 56.5 Å². The van der Waals surface area contributed by atoms with Crippen molar-refractivity contribution in [3.05, 3.63) is 52.8 Å². The average Bonchev–Trinajstić information content (AvgIpc) is 3.18. The molecule has 0 bridgehead atoms. The van der Waals surface area contributed by atoms with E-state index in [1.807, 2.05) is 47.2 Å². The highest BCUT2D eigenvalue weighted by Gasteiger charge is 2.14. The molecule has 0 radical (unpaired) electrons. The number of hydrogen-bond acceptors (Lipinski definition) is 6. The molecule has 134 valence electrons. The predicted octanol–water partition coefficient (Wildman–Crippen LogP) is 5.14. The number of hydrogen-bond donors (Lipinski definition) is 1. The summed E-state index contributed by atoms with van der Waals surface area (Å²) >= 11 is 7.69. The lowest BCUT2D eigenvalue weighted by Crippen LogP contribution is -1.93. The Labute approximate surface area is 169 Å². The van der Waals surface area contributed by atoms with Crippen LogP contribution in [-0.2, 0) is 0 Å². The lowest BCUT2D eigenvalue weighted by Gasteiger charge is -2.06. The molecule has 6 nitrogen and oxygen atoms in total. The largest absolute Gasteiger partial charge is 0.495 e. The number of ether oxygens (including phenoxy) is 1. The summed E-state index contributed by atoms with van der Waals surface area (Å²) in [5, 5.41) is 6.59. The molecule has 0 aliphatic heterocycles. The van der Waals surface area contributed by atoms with Crippen LogP contribution in [0.15, 0.2) is 42.0 Å². The van der Waals surface area contributed by atoms with Gasteiger partial charge in [-0.2, -0.15) is 0 Å². The minimum atomic E-state index is 0. The van der Waals surface area contributed by atoms with E-state index in [2.05, 4.69) is 20.3 Å². The van der Waals surface area contributed by atoms with Gasteiger partial charge in [0.2, 0.25) is 5.78 Å². The summed E-state index contributed by atoms with van der Waals surface area (Å²) in [5.41, 5.74) is 3.54. The second-order valence-electron chi connectivity index (χ2n) is 5.35. The maximum atomic E-state index is 6.17. The smallest absolute Gasteiger partial charge is 0.234 e. The van der Waals surface area contributed by atoms with Gasteiger partial charge in [0.25, 0.3) is 0 Å². The van der Waals surface area contributed by atoms with Crippen LogP contribution >= 0.6 is 39.9 Å². The van der Waals surface area contributed by atoms with Crippen LogP contribution in [0.2, 0.25) is 5.02 Å². The number of anilines is 2. The van der Waals surface area contributed by atoms with Crippen LogP contribution in [0.5, 0.6) is 5.75 Å². The number of benzene rings is 1. The highest BCUT2D eigenvalue weighted by molar-refractivity contribution is 8.93. The van der Waals surface area contributed by atoms with Gasteiger partial charge in [0.05, 0.1) is 23.5 Å². The molecule has 0 fully saturated rings. The predicted molar refractivity (Wildman–Crippen MR) is 110 cm³/mol. The van der Waals surface area contributed by atoms with Gasteiger partial charge in [0, 0.05) is 23.5 Å². The Morgan fingerprint density at radius 3 is 2.88 bits per heavy atom. The summed E-state index contributed by atoms with van der Waals surface area (Å²) in [5.74, 6) is 1.31. The number of methoxy groups -OCH3 is 1. The van der Waals surface area contributed by atoms with Crippen molar-refractivity contribution in [3.8, 4) is 17.1 Å². The molecule has 0 unspecified atom stereocenters. The average molecular weight is 453 g/mol. The number of fused-ring (bicyclic) bond motifs is 1. The zero-order chi connectivity index (χ0) is 17.4. The standard InChI is InChI=1S/C17H14ClN5OS.BrH/c1-10-15(23-7-3-6-19-16(23)20-10)13-9-25-17(22-13)21-11-4-5-14(24-2)12(18)8-11;/h3-9H,1-2H3,(H,21,22);1H. The maximum Gasteiger partial charge on any atom is 0.234 e. The molecular formula is C17H15BrClN5OS. The van der Waals surface area contributed by atoms with Crippen LogP contribution in [0.3, 0.4) is 0 Å². The number of halogens is 2. The monoisotopic (exact) mass is 451 g/mol. The van der Waals surface area contributed by atoms with E-state index in [0.717, 1.165) is 27.9 Å². The second kappa shape index (κ2) is 7.61. The van der Waals surface area contributed by atoms with Crippen molar-refractivity contribution in [2.45, 2.75) is 6.92 Å². The van der Waals surface area contributed by atoms with E-state index >= 15 is 0 Å². The Hall–Kier alpha value is -2.16. The Morgan fingerprint density at radius 1 is 1.27 bits per heavy atom. The number of thiazole rings is 1. The van der Waals surface area contributed by atoms with Crippen molar-refractivity contribution in [1.82, 2.24) is 19.4 Å². The Balaban J connectivity index is 0.00000196. The molecule has 26 heavy (non-hydrogen) atoms. The van der Waals surface area contributed by atoms with Gasteiger partial charge in [-0.05, 0) is 31.2 Å². The molecule has 4 rings (SSSR count). The molecule has 0 spiro atoms. The molecule has 4 aromatic rings. The van der Waals surface area contributed by atoms with Gasteiger partial charge in [-0.25, -0.2) is 15.0 Å². The Morgan fingerprint density at radius 2 is 2.12 bits per heavy atom. The number of imidazole rings is 1. The molecule has 3 aromatic heterocycles. The van der Waals surface area contributed by atoms with Gasteiger partial charge in [0.15, 0.2) is 5.13 Å². The second-order valence-corrected chi connectivity index (χ2v) is 6.61. The van der Waals surface area contributed by atoms with Crippen LogP contribution in [0, 0.1) is 6.92 Å². The summed E-state index contributed by atoms with van der Waals surface area (Å²) in [6, 6.07) is 7.40. The lowest BCUT2D eigenvalue weighted by molar-refractivity contribution is 0.415. The fourth-order valence-electron chi connectivity index (χ4n) is 2.61. The van der Waals surface area contributed by atoms with Crippen molar-refractivity contribution in [1.29, 1.82) is 0 Å². The molecule has 0 aliphatic carbocycles. The van der Waals surface area contributed by atoms with Crippen molar-refractivity contribution in [2.24, 2.45) is 0 Å². The molecular weight excluding hydrogens is 438 g/mol. The Bertz CT molecular complexity index is 1060. The van der Waals surface area contributed by atoms with Crippen LogP contribution in [0.1, 0.15) is 5.69 Å².